The molecule has 3 aromatic carbocycles. The average molecular weight is 429 g/mol. The summed E-state index contributed by atoms with van der Waals surface area (Å²) in [5.41, 5.74) is 3.95. The maximum atomic E-state index is 12.9. The monoisotopic (exact) mass is 428 g/mol. The van der Waals surface area contributed by atoms with Gasteiger partial charge >= 0.3 is 0 Å². The lowest BCUT2D eigenvalue weighted by molar-refractivity contribution is 0.0989. The van der Waals surface area contributed by atoms with Gasteiger partial charge in [-0.05, 0) is 85.4 Å². The highest BCUT2D eigenvalue weighted by Gasteiger charge is 2.16. The molecule has 0 saturated carbocycles. The quantitative estimate of drug-likeness (QED) is 0.529. The molecule has 1 aliphatic rings. The molecule has 4 rings (SSSR count). The van der Waals surface area contributed by atoms with Crippen molar-refractivity contribution in [1.82, 2.24) is 5.32 Å². The fraction of sp³-hybridized carbons (Fsp3) is 0.259. The number of para-hydroxylation sites is 1. The number of carbonyl (C=O) groups excluding carboxylic acids is 2. The molecule has 164 valence electrons. The maximum absolute atomic E-state index is 12.9. The first-order valence-electron chi connectivity index (χ1n) is 11.0. The molecular formula is C27H28N2O3. The van der Waals surface area contributed by atoms with Crippen molar-refractivity contribution in [1.29, 1.82) is 0 Å². The Kier molecular flexibility index (Phi) is 6.97. The van der Waals surface area contributed by atoms with Crippen molar-refractivity contribution in [3.63, 3.8) is 0 Å². The predicted molar refractivity (Wildman–Crippen MR) is 127 cm³/mol. The van der Waals surface area contributed by atoms with Crippen molar-refractivity contribution in [2.45, 2.75) is 25.2 Å². The van der Waals surface area contributed by atoms with Crippen molar-refractivity contribution >= 4 is 17.4 Å². The molecule has 0 spiro atoms. The van der Waals surface area contributed by atoms with Crippen molar-refractivity contribution in [2.24, 2.45) is 0 Å². The van der Waals surface area contributed by atoms with Crippen LogP contribution in [-0.4, -0.2) is 31.9 Å². The first kappa shape index (κ1) is 21.8. The summed E-state index contributed by atoms with van der Waals surface area (Å²) in [5.74, 6) is 1.07. The van der Waals surface area contributed by atoms with E-state index in [1.54, 1.807) is 31.4 Å². The minimum absolute atomic E-state index is 0.0133. The maximum Gasteiger partial charge on any atom is 0.255 e. The molecule has 3 aromatic rings. The third-order valence-corrected chi connectivity index (χ3v) is 6.01. The molecule has 1 aliphatic heterocycles. The number of carbonyl (C=O) groups is 2. The number of anilines is 1. The normalized spacial score (nSPS) is 14.0. The van der Waals surface area contributed by atoms with E-state index in [2.05, 4.69) is 22.8 Å². The van der Waals surface area contributed by atoms with E-state index in [9.17, 15) is 9.59 Å². The van der Waals surface area contributed by atoms with Gasteiger partial charge in [-0.15, -0.1) is 0 Å². The number of amides is 1. The summed E-state index contributed by atoms with van der Waals surface area (Å²) in [4.78, 5) is 25.6. The third-order valence-electron chi connectivity index (χ3n) is 6.01. The summed E-state index contributed by atoms with van der Waals surface area (Å²) in [6.45, 7) is 2.08. The van der Waals surface area contributed by atoms with Crippen LogP contribution in [0.1, 0.15) is 50.6 Å². The molecule has 5 heteroatoms. The van der Waals surface area contributed by atoms with Gasteiger partial charge in [0.05, 0.1) is 7.11 Å². The van der Waals surface area contributed by atoms with Crippen LogP contribution in [-0.2, 0) is 6.42 Å². The number of rotatable bonds is 7. The van der Waals surface area contributed by atoms with Crippen molar-refractivity contribution < 1.29 is 14.3 Å². The van der Waals surface area contributed by atoms with E-state index in [0.29, 0.717) is 28.5 Å². The van der Waals surface area contributed by atoms with Crippen LogP contribution in [0.2, 0.25) is 0 Å². The summed E-state index contributed by atoms with van der Waals surface area (Å²) < 4.78 is 5.15. The van der Waals surface area contributed by atoms with Gasteiger partial charge in [0.25, 0.3) is 5.91 Å². The minimum Gasteiger partial charge on any atom is -0.497 e. The van der Waals surface area contributed by atoms with Gasteiger partial charge in [-0.25, -0.2) is 0 Å². The Balaban J connectivity index is 1.44. The molecule has 1 fully saturated rings. The Labute approximate surface area is 188 Å². The smallest absolute Gasteiger partial charge is 0.255 e. The van der Waals surface area contributed by atoms with Crippen LogP contribution < -0.4 is 15.4 Å². The molecule has 0 aromatic heterocycles. The van der Waals surface area contributed by atoms with Crippen LogP contribution in [0, 0.1) is 0 Å². The second-order valence-corrected chi connectivity index (χ2v) is 8.09. The third kappa shape index (κ3) is 5.24. The first-order valence-corrected chi connectivity index (χ1v) is 11.0. The van der Waals surface area contributed by atoms with E-state index in [0.717, 1.165) is 31.5 Å². The number of ether oxygens (including phenoxy) is 1. The van der Waals surface area contributed by atoms with Gasteiger partial charge in [-0.2, -0.15) is 0 Å². The fourth-order valence-corrected chi connectivity index (χ4v) is 4.10. The van der Waals surface area contributed by atoms with E-state index in [-0.39, 0.29) is 18.1 Å². The molecule has 2 N–H and O–H groups in total. The lowest BCUT2D eigenvalue weighted by Gasteiger charge is -2.23. The molecule has 5 nitrogen and oxygen atoms in total. The number of Topliss-reactive ketones (excluding diaryl/α,β-unsaturated/α-hetero) is 1. The fourth-order valence-electron chi connectivity index (χ4n) is 4.10. The lowest BCUT2D eigenvalue weighted by Crippen LogP contribution is -2.26. The first-order chi connectivity index (χ1) is 15.6. The number of nitrogens with one attached hydrogen (secondary N) is 2. The van der Waals surface area contributed by atoms with Crippen molar-refractivity contribution in [3.8, 4) is 5.75 Å². The number of ketones is 1. The Hall–Kier alpha value is -3.44. The summed E-state index contributed by atoms with van der Waals surface area (Å²) in [6, 6.07) is 22.4. The Morgan fingerprint density at radius 2 is 1.56 bits per heavy atom. The predicted octanol–water partition coefficient (Wildman–Crippen LogP) is 4.84. The summed E-state index contributed by atoms with van der Waals surface area (Å²) in [5, 5.41) is 6.36. The van der Waals surface area contributed by atoms with Crippen LogP contribution in [0.25, 0.3) is 0 Å². The Morgan fingerprint density at radius 3 is 2.25 bits per heavy atom. The lowest BCUT2D eigenvalue weighted by atomic mass is 9.90. The summed E-state index contributed by atoms with van der Waals surface area (Å²) in [6.07, 6.45) is 2.46. The zero-order chi connectivity index (χ0) is 22.3. The average Bonchev–Trinajstić information content (AvgIpc) is 2.86. The van der Waals surface area contributed by atoms with Crippen LogP contribution in [0.4, 0.5) is 5.69 Å². The molecule has 0 aliphatic carbocycles. The second kappa shape index (κ2) is 10.2. The van der Waals surface area contributed by atoms with E-state index < -0.39 is 0 Å². The van der Waals surface area contributed by atoms with E-state index in [4.69, 9.17) is 4.74 Å². The standard InChI is InChI=1S/C27H28N2O3/c1-32-24-12-10-21(11-13-24)26(30)18-23-4-2-3-5-25(23)29-27(31)22-8-6-19(7-9-22)20-14-16-28-17-15-20/h2-13,20,28H,14-18H2,1H3,(H,29,31). The van der Waals surface area contributed by atoms with Crippen molar-refractivity contribution in [2.75, 3.05) is 25.5 Å². The highest BCUT2D eigenvalue weighted by molar-refractivity contribution is 6.05. The second-order valence-electron chi connectivity index (χ2n) is 8.09. The number of hydrogen-bond donors (Lipinski definition) is 2. The number of hydrogen-bond acceptors (Lipinski definition) is 4. The van der Waals surface area contributed by atoms with E-state index >= 15 is 0 Å². The van der Waals surface area contributed by atoms with Gasteiger partial charge < -0.3 is 15.4 Å². The van der Waals surface area contributed by atoms with Crippen LogP contribution in [0.15, 0.2) is 72.8 Å². The highest BCUT2D eigenvalue weighted by atomic mass is 16.5. The molecule has 0 atom stereocenters. The van der Waals surface area contributed by atoms with Crippen LogP contribution in [0.3, 0.4) is 0 Å². The number of benzene rings is 3. The zero-order valence-corrected chi connectivity index (χ0v) is 18.3. The van der Waals surface area contributed by atoms with Crippen molar-refractivity contribution in [3.05, 3.63) is 95.1 Å². The molecule has 32 heavy (non-hydrogen) atoms. The highest BCUT2D eigenvalue weighted by Crippen LogP contribution is 2.26. The number of methoxy groups -OCH3 is 1. The van der Waals surface area contributed by atoms with E-state index in [1.807, 2.05) is 36.4 Å². The van der Waals surface area contributed by atoms with Crippen LogP contribution >= 0.6 is 0 Å². The van der Waals surface area contributed by atoms with Gasteiger partial charge in [-0.3, -0.25) is 9.59 Å². The number of piperidine rings is 1. The molecule has 0 radical (unpaired) electrons. The molecule has 1 heterocycles. The van der Waals surface area contributed by atoms with Crippen LogP contribution in [0.5, 0.6) is 5.75 Å². The van der Waals surface area contributed by atoms with E-state index in [1.165, 1.54) is 5.56 Å². The molecule has 1 amide bonds. The molecule has 1 saturated heterocycles. The van der Waals surface area contributed by atoms with Gasteiger partial charge in [-0.1, -0.05) is 30.3 Å². The molecule has 0 unspecified atom stereocenters. The largest absolute Gasteiger partial charge is 0.497 e. The topological polar surface area (TPSA) is 67.4 Å². The Bertz CT molecular complexity index is 1070. The van der Waals surface area contributed by atoms with Gasteiger partial charge in [0.15, 0.2) is 5.78 Å². The van der Waals surface area contributed by atoms with Gasteiger partial charge in [0.1, 0.15) is 5.75 Å². The van der Waals surface area contributed by atoms with Gasteiger partial charge in [0, 0.05) is 23.2 Å². The molecular weight excluding hydrogens is 400 g/mol. The minimum atomic E-state index is -0.175. The Morgan fingerprint density at radius 1 is 0.906 bits per heavy atom. The summed E-state index contributed by atoms with van der Waals surface area (Å²) in [7, 11) is 1.59. The summed E-state index contributed by atoms with van der Waals surface area (Å²) >= 11 is 0. The zero-order valence-electron chi connectivity index (χ0n) is 18.3. The van der Waals surface area contributed by atoms with Gasteiger partial charge in [0.2, 0.25) is 0 Å². The molecule has 0 bridgehead atoms. The SMILES string of the molecule is COc1ccc(C(=O)Cc2ccccc2NC(=O)c2ccc(C3CCNCC3)cc2)cc1.